The van der Waals surface area contributed by atoms with Crippen LogP contribution in [0.3, 0.4) is 0 Å². The summed E-state index contributed by atoms with van der Waals surface area (Å²) in [6, 6.07) is 14.5. The number of para-hydroxylation sites is 1. The number of hydrogen-bond acceptors (Lipinski definition) is 4. The van der Waals surface area contributed by atoms with E-state index < -0.39 is 5.97 Å². The number of hydrogen-bond donors (Lipinski definition) is 1. The Balaban J connectivity index is 1.63. The molecule has 6 heteroatoms. The number of esters is 1. The van der Waals surface area contributed by atoms with E-state index in [-0.39, 0.29) is 18.9 Å². The first-order valence-corrected chi connectivity index (χ1v) is 8.32. The van der Waals surface area contributed by atoms with Crippen LogP contribution in [0.15, 0.2) is 48.5 Å². The Bertz CT molecular complexity index is 719. The van der Waals surface area contributed by atoms with E-state index in [9.17, 15) is 9.59 Å². The van der Waals surface area contributed by atoms with Gasteiger partial charge in [0.05, 0.1) is 6.61 Å². The van der Waals surface area contributed by atoms with Gasteiger partial charge in [-0.05, 0) is 49.2 Å². The third-order valence-electron chi connectivity index (χ3n) is 3.36. The molecule has 0 unspecified atom stereocenters. The first kappa shape index (κ1) is 18.8. The summed E-state index contributed by atoms with van der Waals surface area (Å²) in [4.78, 5) is 23.5. The Labute approximate surface area is 151 Å². The molecule has 0 atom stereocenters. The van der Waals surface area contributed by atoms with Crippen molar-refractivity contribution in [2.75, 3.05) is 18.5 Å². The van der Waals surface area contributed by atoms with Crippen molar-refractivity contribution in [3.05, 3.63) is 59.1 Å². The van der Waals surface area contributed by atoms with Crippen LogP contribution in [0, 0.1) is 6.92 Å². The number of benzene rings is 2. The highest BCUT2D eigenvalue weighted by Crippen LogP contribution is 2.19. The monoisotopic (exact) mass is 361 g/mol. The minimum Gasteiger partial charge on any atom is -0.494 e. The first-order chi connectivity index (χ1) is 12.0. The van der Waals surface area contributed by atoms with Crippen LogP contribution in [0.25, 0.3) is 0 Å². The summed E-state index contributed by atoms with van der Waals surface area (Å²) in [7, 11) is 0. The van der Waals surface area contributed by atoms with Gasteiger partial charge in [0, 0.05) is 17.1 Å². The molecule has 1 amide bonds. The molecule has 0 spiro atoms. The average Bonchev–Trinajstić information content (AvgIpc) is 2.60. The summed E-state index contributed by atoms with van der Waals surface area (Å²) in [6.45, 7) is 1.93. The minimum atomic E-state index is -0.431. The van der Waals surface area contributed by atoms with Gasteiger partial charge in [0.25, 0.3) is 5.91 Å². The van der Waals surface area contributed by atoms with Gasteiger partial charge in [-0.3, -0.25) is 9.59 Å². The second-order valence-electron chi connectivity index (χ2n) is 5.43. The number of aryl methyl sites for hydroxylation is 1. The molecule has 1 N–H and O–H groups in total. The zero-order valence-corrected chi connectivity index (χ0v) is 14.7. The third kappa shape index (κ3) is 6.85. The second-order valence-corrected chi connectivity index (χ2v) is 5.87. The topological polar surface area (TPSA) is 64.6 Å². The van der Waals surface area contributed by atoms with Crippen molar-refractivity contribution in [3.63, 3.8) is 0 Å². The van der Waals surface area contributed by atoms with Gasteiger partial charge in [0.1, 0.15) is 5.75 Å². The maximum atomic E-state index is 11.8. The first-order valence-electron chi connectivity index (χ1n) is 7.94. The maximum Gasteiger partial charge on any atom is 0.306 e. The van der Waals surface area contributed by atoms with E-state index in [1.807, 2.05) is 37.3 Å². The van der Waals surface area contributed by atoms with Gasteiger partial charge in [0.15, 0.2) is 6.61 Å². The fraction of sp³-hybridized carbons (Fsp3) is 0.263. The lowest BCUT2D eigenvalue weighted by Crippen LogP contribution is -2.21. The molecule has 132 valence electrons. The summed E-state index contributed by atoms with van der Waals surface area (Å²) in [6.07, 6.45) is 0.714. The highest BCUT2D eigenvalue weighted by molar-refractivity contribution is 6.30. The van der Waals surface area contributed by atoms with Crippen molar-refractivity contribution >= 4 is 29.2 Å². The Morgan fingerprint density at radius 1 is 1.12 bits per heavy atom. The van der Waals surface area contributed by atoms with Crippen molar-refractivity contribution in [3.8, 4) is 5.75 Å². The molecule has 2 aromatic rings. The number of halogens is 1. The van der Waals surface area contributed by atoms with E-state index in [2.05, 4.69) is 5.32 Å². The van der Waals surface area contributed by atoms with Crippen LogP contribution >= 0.6 is 11.6 Å². The quantitative estimate of drug-likeness (QED) is 0.570. The van der Waals surface area contributed by atoms with E-state index in [1.165, 1.54) is 0 Å². The number of nitrogens with one attached hydrogen (secondary N) is 1. The molecule has 0 heterocycles. The lowest BCUT2D eigenvalue weighted by molar-refractivity contribution is -0.147. The number of amides is 1. The number of ether oxygens (including phenoxy) is 2. The lowest BCUT2D eigenvalue weighted by atomic mass is 10.2. The van der Waals surface area contributed by atoms with E-state index >= 15 is 0 Å². The Kier molecular flexibility index (Phi) is 7.29. The van der Waals surface area contributed by atoms with Crippen molar-refractivity contribution in [2.45, 2.75) is 19.8 Å². The highest BCUT2D eigenvalue weighted by Gasteiger charge is 2.09. The van der Waals surface area contributed by atoms with Gasteiger partial charge in [-0.25, -0.2) is 0 Å². The van der Waals surface area contributed by atoms with Crippen LogP contribution in [-0.4, -0.2) is 25.1 Å². The molecule has 0 aliphatic heterocycles. The van der Waals surface area contributed by atoms with Crippen LogP contribution < -0.4 is 10.1 Å². The Morgan fingerprint density at radius 3 is 2.60 bits per heavy atom. The standard InChI is InChI=1S/C19H20ClNO4/c1-14-12-15(20)9-10-17(14)21-18(22)13-25-19(23)8-5-11-24-16-6-3-2-4-7-16/h2-4,6-7,9-10,12H,5,8,11,13H2,1H3,(H,21,22). The molecule has 2 rings (SSSR count). The maximum absolute atomic E-state index is 11.8. The number of carbonyl (C=O) groups excluding carboxylic acids is 2. The molecule has 0 aliphatic rings. The minimum absolute atomic E-state index is 0.195. The van der Waals surface area contributed by atoms with Crippen LogP contribution in [0.5, 0.6) is 5.75 Å². The van der Waals surface area contributed by atoms with Gasteiger partial charge >= 0.3 is 5.97 Å². The fourth-order valence-electron chi connectivity index (χ4n) is 2.10. The largest absolute Gasteiger partial charge is 0.494 e. The van der Waals surface area contributed by atoms with E-state index in [0.29, 0.717) is 23.7 Å². The SMILES string of the molecule is Cc1cc(Cl)ccc1NC(=O)COC(=O)CCCOc1ccccc1. The summed E-state index contributed by atoms with van der Waals surface area (Å²) in [5.41, 5.74) is 1.48. The molecule has 0 fully saturated rings. The summed E-state index contributed by atoms with van der Waals surface area (Å²) in [5, 5.41) is 3.28. The second kappa shape index (κ2) is 9.69. The summed E-state index contributed by atoms with van der Waals surface area (Å²) in [5.74, 6) is -0.0625. The number of rotatable bonds is 8. The molecule has 0 saturated heterocycles. The highest BCUT2D eigenvalue weighted by atomic mass is 35.5. The molecule has 2 aromatic carbocycles. The smallest absolute Gasteiger partial charge is 0.306 e. The normalized spacial score (nSPS) is 10.2. The van der Waals surface area contributed by atoms with Gasteiger partial charge < -0.3 is 14.8 Å². The molecule has 5 nitrogen and oxygen atoms in total. The van der Waals surface area contributed by atoms with Gasteiger partial charge in [-0.2, -0.15) is 0 Å². The van der Waals surface area contributed by atoms with E-state index in [1.54, 1.807) is 18.2 Å². The molecule has 0 saturated carbocycles. The molecule has 0 bridgehead atoms. The van der Waals surface area contributed by atoms with Crippen molar-refractivity contribution < 1.29 is 19.1 Å². The molecular weight excluding hydrogens is 342 g/mol. The predicted molar refractivity (Wildman–Crippen MR) is 96.9 cm³/mol. The molecule has 0 aromatic heterocycles. The predicted octanol–water partition coefficient (Wildman–Crippen LogP) is 3.99. The average molecular weight is 362 g/mol. The third-order valence-corrected chi connectivity index (χ3v) is 3.60. The zero-order valence-electron chi connectivity index (χ0n) is 14.0. The zero-order chi connectivity index (χ0) is 18.1. The van der Waals surface area contributed by atoms with Gasteiger partial charge in [-0.15, -0.1) is 0 Å². The summed E-state index contributed by atoms with van der Waals surface area (Å²) >= 11 is 5.86. The Hall–Kier alpha value is -2.53. The van der Waals surface area contributed by atoms with Crippen LogP contribution in [0.4, 0.5) is 5.69 Å². The molecule has 25 heavy (non-hydrogen) atoms. The lowest BCUT2D eigenvalue weighted by Gasteiger charge is -2.09. The molecule has 0 radical (unpaired) electrons. The van der Waals surface area contributed by atoms with Crippen molar-refractivity contribution in [1.82, 2.24) is 0 Å². The van der Waals surface area contributed by atoms with Crippen molar-refractivity contribution in [1.29, 1.82) is 0 Å². The van der Waals surface area contributed by atoms with Crippen LogP contribution in [0.2, 0.25) is 5.02 Å². The number of carbonyl (C=O) groups is 2. The van der Waals surface area contributed by atoms with Crippen LogP contribution in [-0.2, 0) is 14.3 Å². The van der Waals surface area contributed by atoms with Gasteiger partial charge in [0.2, 0.25) is 0 Å². The van der Waals surface area contributed by atoms with Gasteiger partial charge in [-0.1, -0.05) is 29.8 Å². The molecular formula is C19H20ClNO4. The van der Waals surface area contributed by atoms with E-state index in [4.69, 9.17) is 21.1 Å². The fourth-order valence-corrected chi connectivity index (χ4v) is 2.32. The van der Waals surface area contributed by atoms with Crippen LogP contribution in [0.1, 0.15) is 18.4 Å². The van der Waals surface area contributed by atoms with Crippen molar-refractivity contribution in [2.24, 2.45) is 0 Å². The molecule has 0 aliphatic carbocycles. The number of anilines is 1. The summed E-state index contributed by atoms with van der Waals surface area (Å²) < 4.78 is 10.4. The Morgan fingerprint density at radius 2 is 1.88 bits per heavy atom. The van der Waals surface area contributed by atoms with E-state index in [0.717, 1.165) is 11.3 Å².